The van der Waals surface area contributed by atoms with Crippen molar-refractivity contribution in [2.24, 2.45) is 11.8 Å². The number of hydrogen-bond acceptors (Lipinski definition) is 6. The molecular weight excluding hydrogens is 374 g/mol. The standard InChI is InChI=1S/C19H25NO6.ClH/c1-11(2)17(21)26-16-12(3)25-19(23)15(20)10-24-18(22)14(16)9-13-7-5-4-6-8-13;/h4-8,11-12,14-16H,9-10,20H2,1-3H3;1H/t12-,14+,15-,16-;/m0./s1. The molecule has 150 valence electrons. The van der Waals surface area contributed by atoms with Crippen molar-refractivity contribution in [3.05, 3.63) is 35.9 Å². The van der Waals surface area contributed by atoms with Crippen molar-refractivity contribution in [1.29, 1.82) is 0 Å². The molecule has 0 aromatic heterocycles. The predicted molar refractivity (Wildman–Crippen MR) is 91.5 cm³/mol. The maximum atomic E-state index is 12.7. The average Bonchev–Trinajstić information content (AvgIpc) is 2.64. The minimum Gasteiger partial charge on any atom is -1.00 e. The van der Waals surface area contributed by atoms with Gasteiger partial charge >= 0.3 is 17.9 Å². The van der Waals surface area contributed by atoms with Crippen LogP contribution < -0.4 is 18.1 Å². The van der Waals surface area contributed by atoms with Crippen LogP contribution in [-0.4, -0.2) is 42.8 Å². The Hall–Kier alpha value is -2.12. The maximum absolute atomic E-state index is 12.7. The van der Waals surface area contributed by atoms with Gasteiger partial charge in [0.2, 0.25) is 6.04 Å². The Kier molecular flexibility index (Phi) is 8.72. The van der Waals surface area contributed by atoms with Gasteiger partial charge in [0, 0.05) is 0 Å². The molecule has 0 radical (unpaired) electrons. The zero-order valence-electron chi connectivity index (χ0n) is 15.7. The van der Waals surface area contributed by atoms with E-state index in [1.54, 1.807) is 20.8 Å². The first kappa shape index (κ1) is 22.9. The molecule has 1 heterocycles. The Morgan fingerprint density at radius 3 is 2.44 bits per heavy atom. The molecule has 1 aromatic carbocycles. The van der Waals surface area contributed by atoms with Crippen LogP contribution in [0.4, 0.5) is 0 Å². The highest BCUT2D eigenvalue weighted by Gasteiger charge is 2.41. The molecule has 1 aliphatic rings. The molecule has 0 aliphatic carbocycles. The van der Waals surface area contributed by atoms with Crippen molar-refractivity contribution in [2.45, 2.75) is 45.4 Å². The lowest BCUT2D eigenvalue weighted by molar-refractivity contribution is -0.413. The quantitative estimate of drug-likeness (QED) is 0.443. The summed E-state index contributed by atoms with van der Waals surface area (Å²) in [7, 11) is 0. The second-order valence-corrected chi connectivity index (χ2v) is 6.82. The molecule has 0 unspecified atom stereocenters. The zero-order chi connectivity index (χ0) is 19.3. The predicted octanol–water partition coefficient (Wildman–Crippen LogP) is -2.48. The number of carbonyl (C=O) groups is 3. The number of hydrogen-bond donors (Lipinski definition) is 1. The molecule has 1 fully saturated rings. The summed E-state index contributed by atoms with van der Waals surface area (Å²) in [6, 6.07) is 8.53. The summed E-state index contributed by atoms with van der Waals surface area (Å²) in [5.41, 5.74) is 4.55. The molecular formula is C19H26ClNO6. The van der Waals surface area contributed by atoms with E-state index in [0.717, 1.165) is 5.56 Å². The molecule has 4 atom stereocenters. The van der Waals surface area contributed by atoms with Crippen LogP contribution in [0.1, 0.15) is 26.3 Å². The normalized spacial score (nSPS) is 26.0. The molecule has 0 bridgehead atoms. The van der Waals surface area contributed by atoms with E-state index in [2.05, 4.69) is 5.73 Å². The van der Waals surface area contributed by atoms with Crippen LogP contribution in [0.5, 0.6) is 0 Å². The van der Waals surface area contributed by atoms with E-state index < -0.39 is 42.1 Å². The Morgan fingerprint density at radius 1 is 1.22 bits per heavy atom. The fraction of sp³-hybridized carbons (Fsp3) is 0.526. The van der Waals surface area contributed by atoms with E-state index in [0.29, 0.717) is 6.42 Å². The molecule has 1 saturated heterocycles. The largest absolute Gasteiger partial charge is 1.00 e. The SMILES string of the molecule is CC(C)C(=O)O[C@H]1[C@H](C)OC(=O)[C@@H]([NH3+])COC(=O)[C@@H]1Cc1ccccc1.[Cl-]. The zero-order valence-corrected chi connectivity index (χ0v) is 16.5. The van der Waals surface area contributed by atoms with Gasteiger partial charge in [-0.3, -0.25) is 9.59 Å². The highest BCUT2D eigenvalue weighted by Crippen LogP contribution is 2.24. The number of esters is 3. The van der Waals surface area contributed by atoms with Crippen LogP contribution in [0.25, 0.3) is 0 Å². The number of cyclic esters (lactones) is 2. The summed E-state index contributed by atoms with van der Waals surface area (Å²) < 4.78 is 16.2. The first-order valence-corrected chi connectivity index (χ1v) is 8.74. The van der Waals surface area contributed by atoms with E-state index in [1.807, 2.05) is 30.3 Å². The summed E-state index contributed by atoms with van der Waals surface area (Å²) in [6.07, 6.45) is -1.43. The van der Waals surface area contributed by atoms with Gasteiger partial charge < -0.3 is 32.4 Å². The van der Waals surface area contributed by atoms with Gasteiger partial charge in [-0.25, -0.2) is 4.79 Å². The third kappa shape index (κ3) is 6.22. The molecule has 7 nitrogen and oxygen atoms in total. The molecule has 0 spiro atoms. The van der Waals surface area contributed by atoms with Crippen LogP contribution >= 0.6 is 0 Å². The first-order chi connectivity index (χ1) is 12.3. The molecule has 1 aliphatic heterocycles. The number of quaternary nitrogens is 1. The molecule has 27 heavy (non-hydrogen) atoms. The molecule has 0 saturated carbocycles. The number of ether oxygens (including phenoxy) is 3. The number of benzene rings is 1. The number of rotatable bonds is 4. The van der Waals surface area contributed by atoms with E-state index in [1.165, 1.54) is 0 Å². The van der Waals surface area contributed by atoms with Crippen LogP contribution in [0.2, 0.25) is 0 Å². The van der Waals surface area contributed by atoms with Crippen molar-refractivity contribution < 1.29 is 46.7 Å². The highest BCUT2D eigenvalue weighted by molar-refractivity contribution is 5.78. The highest BCUT2D eigenvalue weighted by atomic mass is 35.5. The summed E-state index contributed by atoms with van der Waals surface area (Å²) >= 11 is 0. The van der Waals surface area contributed by atoms with Gasteiger partial charge in [-0.15, -0.1) is 0 Å². The van der Waals surface area contributed by atoms with Crippen molar-refractivity contribution in [1.82, 2.24) is 0 Å². The minimum atomic E-state index is -0.938. The van der Waals surface area contributed by atoms with Gasteiger partial charge in [-0.05, 0) is 18.9 Å². The summed E-state index contributed by atoms with van der Waals surface area (Å²) in [5, 5.41) is 0. The smallest absolute Gasteiger partial charge is 0.368 e. The summed E-state index contributed by atoms with van der Waals surface area (Å²) in [5.74, 6) is -2.74. The Balaban J connectivity index is 0.00000364. The molecule has 1 aromatic rings. The fourth-order valence-electron chi connectivity index (χ4n) is 2.68. The van der Waals surface area contributed by atoms with E-state index in [9.17, 15) is 14.4 Å². The second-order valence-electron chi connectivity index (χ2n) is 6.82. The molecule has 8 heteroatoms. The molecule has 0 amide bonds. The second kappa shape index (κ2) is 10.3. The van der Waals surface area contributed by atoms with Crippen molar-refractivity contribution in [3.8, 4) is 0 Å². The Morgan fingerprint density at radius 2 is 1.85 bits per heavy atom. The van der Waals surface area contributed by atoms with Gasteiger partial charge in [-0.1, -0.05) is 44.2 Å². The third-order valence-corrected chi connectivity index (χ3v) is 4.25. The van der Waals surface area contributed by atoms with E-state index >= 15 is 0 Å². The van der Waals surface area contributed by atoms with Crippen LogP contribution in [0.15, 0.2) is 30.3 Å². The van der Waals surface area contributed by atoms with Crippen molar-refractivity contribution in [2.75, 3.05) is 6.61 Å². The third-order valence-electron chi connectivity index (χ3n) is 4.25. The van der Waals surface area contributed by atoms with Gasteiger partial charge in [-0.2, -0.15) is 0 Å². The van der Waals surface area contributed by atoms with Gasteiger partial charge in [0.15, 0.2) is 12.7 Å². The van der Waals surface area contributed by atoms with Crippen LogP contribution in [0.3, 0.4) is 0 Å². The van der Waals surface area contributed by atoms with Gasteiger partial charge in [0.25, 0.3) is 0 Å². The summed E-state index contributed by atoms with van der Waals surface area (Å²) in [4.78, 5) is 36.9. The Labute approximate surface area is 164 Å². The number of carbonyl (C=O) groups excluding carboxylic acids is 3. The maximum Gasteiger partial charge on any atom is 0.368 e. The Bertz CT molecular complexity index is 651. The topological polar surface area (TPSA) is 107 Å². The van der Waals surface area contributed by atoms with Crippen molar-refractivity contribution >= 4 is 17.9 Å². The first-order valence-electron chi connectivity index (χ1n) is 8.74. The summed E-state index contributed by atoms with van der Waals surface area (Å²) in [6.45, 7) is 4.84. The van der Waals surface area contributed by atoms with E-state index in [-0.39, 0.29) is 24.9 Å². The lowest BCUT2D eigenvalue weighted by Gasteiger charge is -2.29. The van der Waals surface area contributed by atoms with Gasteiger partial charge in [0.1, 0.15) is 12.0 Å². The lowest BCUT2D eigenvalue weighted by Crippen LogP contribution is -3.00. The van der Waals surface area contributed by atoms with Gasteiger partial charge in [0.05, 0.1) is 5.92 Å². The molecule has 2 rings (SSSR count). The minimum absolute atomic E-state index is 0. The monoisotopic (exact) mass is 399 g/mol. The van der Waals surface area contributed by atoms with E-state index in [4.69, 9.17) is 14.2 Å². The van der Waals surface area contributed by atoms with Crippen LogP contribution in [-0.2, 0) is 35.0 Å². The molecule has 3 N–H and O–H groups in total. The average molecular weight is 400 g/mol. The van der Waals surface area contributed by atoms with Crippen LogP contribution in [0, 0.1) is 11.8 Å². The lowest BCUT2D eigenvalue weighted by atomic mass is 9.91. The number of halogens is 1. The van der Waals surface area contributed by atoms with Crippen molar-refractivity contribution in [3.63, 3.8) is 0 Å². The fourth-order valence-corrected chi connectivity index (χ4v) is 2.68.